The molecular formula is C18H18N4O4S. The van der Waals surface area contributed by atoms with Gasteiger partial charge in [0, 0.05) is 23.3 Å². The van der Waals surface area contributed by atoms with Crippen LogP contribution in [-0.2, 0) is 25.6 Å². The predicted octanol–water partition coefficient (Wildman–Crippen LogP) is 1.85. The predicted molar refractivity (Wildman–Crippen MR) is 96.4 cm³/mol. The second-order valence-electron chi connectivity index (χ2n) is 6.37. The minimum absolute atomic E-state index is 0.00604. The minimum Gasteiger partial charge on any atom is -0.465 e. The number of nitrogens with two attached hydrogens (primary N) is 1. The number of ketones is 1. The SMILES string of the molecule is COC(=O)C1=C(N)OC2=C(C(=O)CCC2)[C@H]1c1cc(Cn2cncn2)cs1. The number of methoxy groups -OCH3 is 1. The van der Waals surface area contributed by atoms with Crippen molar-refractivity contribution in [1.29, 1.82) is 0 Å². The van der Waals surface area contributed by atoms with Crippen molar-refractivity contribution < 1.29 is 19.1 Å². The Morgan fingerprint density at radius 2 is 2.33 bits per heavy atom. The molecule has 0 radical (unpaired) electrons. The van der Waals surface area contributed by atoms with Crippen LogP contribution in [0.3, 0.4) is 0 Å². The molecule has 1 aliphatic heterocycles. The number of thiophene rings is 1. The zero-order chi connectivity index (χ0) is 19.0. The second-order valence-corrected chi connectivity index (χ2v) is 7.31. The zero-order valence-electron chi connectivity index (χ0n) is 14.7. The molecule has 0 amide bonds. The maximum atomic E-state index is 12.7. The van der Waals surface area contributed by atoms with Gasteiger partial charge < -0.3 is 15.2 Å². The Labute approximate surface area is 159 Å². The van der Waals surface area contributed by atoms with Crippen LogP contribution in [0.25, 0.3) is 0 Å². The van der Waals surface area contributed by atoms with Crippen LogP contribution in [0.15, 0.2) is 46.9 Å². The van der Waals surface area contributed by atoms with Crippen molar-refractivity contribution in [3.8, 4) is 0 Å². The number of esters is 1. The number of Topliss-reactive ketones (excluding diaryl/α,β-unsaturated/α-hetero) is 1. The van der Waals surface area contributed by atoms with Crippen LogP contribution in [0.5, 0.6) is 0 Å². The van der Waals surface area contributed by atoms with E-state index >= 15 is 0 Å². The number of allylic oxidation sites excluding steroid dienone is 2. The van der Waals surface area contributed by atoms with E-state index in [1.165, 1.54) is 24.8 Å². The van der Waals surface area contributed by atoms with Crippen LogP contribution < -0.4 is 5.73 Å². The van der Waals surface area contributed by atoms with Gasteiger partial charge >= 0.3 is 5.97 Å². The molecule has 1 atom stereocenters. The fourth-order valence-corrected chi connectivity index (χ4v) is 4.50. The summed E-state index contributed by atoms with van der Waals surface area (Å²) >= 11 is 1.47. The largest absolute Gasteiger partial charge is 0.465 e. The van der Waals surface area contributed by atoms with Crippen molar-refractivity contribution in [2.75, 3.05) is 7.11 Å². The van der Waals surface area contributed by atoms with Gasteiger partial charge in [0.15, 0.2) is 5.78 Å². The molecule has 2 N–H and O–H groups in total. The molecule has 0 saturated heterocycles. The number of hydrogen-bond acceptors (Lipinski definition) is 8. The highest BCUT2D eigenvalue weighted by Crippen LogP contribution is 2.45. The lowest BCUT2D eigenvalue weighted by Crippen LogP contribution is -2.30. The van der Waals surface area contributed by atoms with Crippen LogP contribution in [0.1, 0.15) is 35.6 Å². The van der Waals surface area contributed by atoms with Crippen molar-refractivity contribution >= 4 is 23.1 Å². The Morgan fingerprint density at radius 3 is 3.07 bits per heavy atom. The molecule has 0 spiro atoms. The summed E-state index contributed by atoms with van der Waals surface area (Å²) in [6.07, 6.45) is 4.89. The van der Waals surface area contributed by atoms with Gasteiger partial charge in [0.1, 0.15) is 24.0 Å². The Bertz CT molecular complexity index is 958. The van der Waals surface area contributed by atoms with Crippen LogP contribution in [0.4, 0.5) is 0 Å². The zero-order valence-corrected chi connectivity index (χ0v) is 15.5. The van der Waals surface area contributed by atoms with Gasteiger partial charge in [-0.2, -0.15) is 5.10 Å². The molecule has 0 bridgehead atoms. The third-order valence-electron chi connectivity index (χ3n) is 4.66. The van der Waals surface area contributed by atoms with Gasteiger partial charge in [0.2, 0.25) is 5.88 Å². The van der Waals surface area contributed by atoms with Crippen molar-refractivity contribution in [3.05, 3.63) is 57.3 Å². The number of rotatable bonds is 4. The molecule has 2 aliphatic rings. The number of hydrogen-bond donors (Lipinski definition) is 1. The Hall–Kier alpha value is -2.94. The quantitative estimate of drug-likeness (QED) is 0.799. The van der Waals surface area contributed by atoms with E-state index in [0.717, 1.165) is 10.4 Å². The molecule has 1 aliphatic carbocycles. The molecule has 0 saturated carbocycles. The Morgan fingerprint density at radius 1 is 1.48 bits per heavy atom. The van der Waals surface area contributed by atoms with E-state index in [9.17, 15) is 9.59 Å². The van der Waals surface area contributed by atoms with E-state index in [-0.39, 0.29) is 17.2 Å². The Balaban J connectivity index is 1.76. The molecular weight excluding hydrogens is 368 g/mol. The molecule has 2 aromatic heterocycles. The summed E-state index contributed by atoms with van der Waals surface area (Å²) in [4.78, 5) is 29.9. The van der Waals surface area contributed by atoms with Crippen molar-refractivity contribution in [2.45, 2.75) is 31.7 Å². The molecule has 0 fully saturated rings. The summed E-state index contributed by atoms with van der Waals surface area (Å²) in [5.74, 6) is -0.599. The van der Waals surface area contributed by atoms with E-state index in [0.29, 0.717) is 37.1 Å². The maximum Gasteiger partial charge on any atom is 0.340 e. The van der Waals surface area contributed by atoms with E-state index in [2.05, 4.69) is 10.1 Å². The maximum absolute atomic E-state index is 12.7. The molecule has 8 nitrogen and oxygen atoms in total. The van der Waals surface area contributed by atoms with Gasteiger partial charge in [-0.15, -0.1) is 11.3 Å². The summed E-state index contributed by atoms with van der Waals surface area (Å²) in [5.41, 5.74) is 7.75. The first kappa shape index (κ1) is 17.5. The summed E-state index contributed by atoms with van der Waals surface area (Å²) in [5, 5.41) is 6.08. The molecule has 0 aromatic carbocycles. The lowest BCUT2D eigenvalue weighted by Gasteiger charge is -2.31. The summed E-state index contributed by atoms with van der Waals surface area (Å²) < 4.78 is 12.3. The molecule has 140 valence electrons. The lowest BCUT2D eigenvalue weighted by molar-refractivity contribution is -0.136. The van der Waals surface area contributed by atoms with Crippen LogP contribution >= 0.6 is 11.3 Å². The summed E-state index contributed by atoms with van der Waals surface area (Å²) in [7, 11) is 1.29. The average molecular weight is 386 g/mol. The van der Waals surface area contributed by atoms with Crippen molar-refractivity contribution in [3.63, 3.8) is 0 Å². The monoisotopic (exact) mass is 386 g/mol. The molecule has 0 unspecified atom stereocenters. The minimum atomic E-state index is -0.589. The number of nitrogens with zero attached hydrogens (tertiary/aromatic N) is 3. The van der Waals surface area contributed by atoms with Crippen LogP contribution in [0.2, 0.25) is 0 Å². The lowest BCUT2D eigenvalue weighted by atomic mass is 9.80. The molecule has 3 heterocycles. The highest BCUT2D eigenvalue weighted by molar-refractivity contribution is 7.10. The summed E-state index contributed by atoms with van der Waals surface area (Å²) in [6, 6.07) is 1.96. The first-order valence-electron chi connectivity index (χ1n) is 8.50. The fourth-order valence-electron chi connectivity index (χ4n) is 3.48. The van der Waals surface area contributed by atoms with E-state index in [1.807, 2.05) is 11.4 Å². The van der Waals surface area contributed by atoms with Crippen LogP contribution in [-0.4, -0.2) is 33.6 Å². The molecule has 2 aromatic rings. The molecule has 9 heteroatoms. The normalized spacial score (nSPS) is 19.7. The van der Waals surface area contributed by atoms with Gasteiger partial charge in [-0.25, -0.2) is 14.5 Å². The van der Waals surface area contributed by atoms with Gasteiger partial charge in [-0.1, -0.05) is 0 Å². The third-order valence-corrected chi connectivity index (χ3v) is 5.71. The van der Waals surface area contributed by atoms with E-state index < -0.39 is 11.9 Å². The van der Waals surface area contributed by atoms with Crippen molar-refractivity contribution in [2.24, 2.45) is 5.73 Å². The number of carbonyl (C=O) groups excluding carboxylic acids is 2. The molecule has 27 heavy (non-hydrogen) atoms. The summed E-state index contributed by atoms with van der Waals surface area (Å²) in [6.45, 7) is 0.548. The first-order chi connectivity index (χ1) is 13.1. The van der Waals surface area contributed by atoms with E-state index in [1.54, 1.807) is 11.0 Å². The standard InChI is InChI=1S/C18H18N4O4S/c1-25-18(24)16-15(14-11(23)3-2-4-12(14)26-17(16)19)13-5-10(7-27-13)6-22-9-20-8-21-22/h5,7-9,15H,2-4,6,19H2,1H3/t15-/m1/s1. The third kappa shape index (κ3) is 3.14. The van der Waals surface area contributed by atoms with Gasteiger partial charge in [-0.3, -0.25) is 4.79 Å². The van der Waals surface area contributed by atoms with Gasteiger partial charge in [-0.05, 0) is 23.4 Å². The highest BCUT2D eigenvalue weighted by atomic mass is 32.1. The Kier molecular flexibility index (Phi) is 4.53. The topological polar surface area (TPSA) is 109 Å². The number of aromatic nitrogens is 3. The van der Waals surface area contributed by atoms with Gasteiger partial charge in [0.25, 0.3) is 0 Å². The molecule has 4 rings (SSSR count). The second kappa shape index (κ2) is 6.99. The van der Waals surface area contributed by atoms with Crippen LogP contribution in [0, 0.1) is 0 Å². The number of carbonyl (C=O) groups is 2. The van der Waals surface area contributed by atoms with E-state index in [4.69, 9.17) is 15.2 Å². The first-order valence-corrected chi connectivity index (χ1v) is 9.38. The fraction of sp³-hybridized carbons (Fsp3) is 0.333. The van der Waals surface area contributed by atoms with Crippen molar-refractivity contribution in [1.82, 2.24) is 14.8 Å². The highest BCUT2D eigenvalue weighted by Gasteiger charge is 2.41. The number of ether oxygens (including phenoxy) is 2. The average Bonchev–Trinajstić information content (AvgIpc) is 3.32. The van der Waals surface area contributed by atoms with Gasteiger partial charge in [0.05, 0.1) is 19.6 Å². The smallest absolute Gasteiger partial charge is 0.340 e.